The standard InChI is InChI=1S/C10H15NO2/c1-3-6-11(9-4-5-9)7-8(2)10(12)13/h1,8-9H,4-7H2,2H3,(H,12,13). The molecule has 0 spiro atoms. The molecular weight excluding hydrogens is 166 g/mol. The first-order chi connectivity index (χ1) is 6.15. The van der Waals surface area contributed by atoms with Gasteiger partial charge in [0, 0.05) is 12.6 Å². The molecular formula is C10H15NO2. The first-order valence-electron chi connectivity index (χ1n) is 4.55. The van der Waals surface area contributed by atoms with Gasteiger partial charge in [0.2, 0.25) is 0 Å². The lowest BCUT2D eigenvalue weighted by Crippen LogP contribution is -2.33. The van der Waals surface area contributed by atoms with Gasteiger partial charge in [-0.2, -0.15) is 0 Å². The van der Waals surface area contributed by atoms with E-state index in [1.807, 2.05) is 0 Å². The van der Waals surface area contributed by atoms with Crippen LogP contribution in [0.15, 0.2) is 0 Å². The van der Waals surface area contributed by atoms with Gasteiger partial charge in [0.05, 0.1) is 12.5 Å². The Labute approximate surface area is 78.7 Å². The van der Waals surface area contributed by atoms with Crippen LogP contribution in [0.4, 0.5) is 0 Å². The van der Waals surface area contributed by atoms with Crippen molar-refractivity contribution in [3.8, 4) is 12.3 Å². The van der Waals surface area contributed by atoms with E-state index in [1.54, 1.807) is 6.92 Å². The van der Waals surface area contributed by atoms with E-state index >= 15 is 0 Å². The highest BCUT2D eigenvalue weighted by Gasteiger charge is 2.30. The number of carboxylic acids is 1. The molecule has 0 saturated heterocycles. The molecule has 1 atom stereocenters. The normalized spacial score (nSPS) is 18.2. The summed E-state index contributed by atoms with van der Waals surface area (Å²) in [6, 6.07) is 0.540. The summed E-state index contributed by atoms with van der Waals surface area (Å²) in [7, 11) is 0. The Balaban J connectivity index is 2.38. The average molecular weight is 181 g/mol. The molecule has 1 unspecified atom stereocenters. The van der Waals surface area contributed by atoms with E-state index in [2.05, 4.69) is 10.8 Å². The fourth-order valence-corrected chi connectivity index (χ4v) is 1.33. The zero-order valence-electron chi connectivity index (χ0n) is 7.86. The number of hydrogen-bond acceptors (Lipinski definition) is 2. The van der Waals surface area contributed by atoms with Crippen molar-refractivity contribution in [3.05, 3.63) is 0 Å². The molecule has 0 aromatic rings. The predicted molar refractivity (Wildman–Crippen MR) is 50.2 cm³/mol. The minimum atomic E-state index is -0.748. The molecule has 1 fully saturated rings. The maximum absolute atomic E-state index is 10.6. The second-order valence-electron chi connectivity index (χ2n) is 3.60. The molecule has 0 radical (unpaired) electrons. The molecule has 0 aromatic heterocycles. The molecule has 0 aromatic carbocycles. The van der Waals surface area contributed by atoms with Gasteiger partial charge >= 0.3 is 5.97 Å². The summed E-state index contributed by atoms with van der Waals surface area (Å²) in [5.74, 6) is 1.49. The van der Waals surface area contributed by atoms with Crippen molar-refractivity contribution < 1.29 is 9.90 Å². The number of hydrogen-bond donors (Lipinski definition) is 1. The van der Waals surface area contributed by atoms with Gasteiger partial charge < -0.3 is 5.11 Å². The van der Waals surface area contributed by atoms with Crippen molar-refractivity contribution in [2.75, 3.05) is 13.1 Å². The van der Waals surface area contributed by atoms with E-state index in [-0.39, 0.29) is 5.92 Å². The van der Waals surface area contributed by atoms with Gasteiger partial charge in [-0.05, 0) is 12.8 Å². The van der Waals surface area contributed by atoms with E-state index in [1.165, 1.54) is 0 Å². The molecule has 1 N–H and O–H groups in total. The Morgan fingerprint density at radius 2 is 2.38 bits per heavy atom. The van der Waals surface area contributed by atoms with Crippen molar-refractivity contribution in [1.29, 1.82) is 0 Å². The van der Waals surface area contributed by atoms with Crippen molar-refractivity contribution in [2.24, 2.45) is 5.92 Å². The van der Waals surface area contributed by atoms with Crippen LogP contribution < -0.4 is 0 Å². The lowest BCUT2D eigenvalue weighted by atomic mass is 10.1. The Morgan fingerprint density at radius 3 is 2.77 bits per heavy atom. The Hall–Kier alpha value is -1.01. The molecule has 0 heterocycles. The summed E-state index contributed by atoms with van der Waals surface area (Å²) in [5.41, 5.74) is 0. The number of carbonyl (C=O) groups is 1. The van der Waals surface area contributed by atoms with Crippen molar-refractivity contribution in [2.45, 2.75) is 25.8 Å². The number of aliphatic carboxylic acids is 1. The van der Waals surface area contributed by atoms with Crippen LogP contribution in [0.25, 0.3) is 0 Å². The minimum absolute atomic E-state index is 0.325. The number of nitrogens with zero attached hydrogens (tertiary/aromatic N) is 1. The van der Waals surface area contributed by atoms with Gasteiger partial charge in [-0.25, -0.2) is 0 Å². The molecule has 1 rings (SSSR count). The topological polar surface area (TPSA) is 40.5 Å². The van der Waals surface area contributed by atoms with Gasteiger partial charge in [-0.1, -0.05) is 12.8 Å². The lowest BCUT2D eigenvalue weighted by molar-refractivity contribution is -0.141. The molecule has 72 valence electrons. The van der Waals surface area contributed by atoms with Crippen LogP contribution in [0, 0.1) is 18.3 Å². The molecule has 0 bridgehead atoms. The predicted octanol–water partition coefficient (Wildman–Crippen LogP) is 0.805. The second-order valence-corrected chi connectivity index (χ2v) is 3.60. The van der Waals surface area contributed by atoms with Crippen molar-refractivity contribution in [3.63, 3.8) is 0 Å². The third kappa shape index (κ3) is 3.08. The molecule has 0 aliphatic heterocycles. The SMILES string of the molecule is C#CCN(CC(C)C(=O)O)C1CC1. The van der Waals surface area contributed by atoms with Crippen LogP contribution in [0.5, 0.6) is 0 Å². The van der Waals surface area contributed by atoms with E-state index in [0.717, 1.165) is 12.8 Å². The fourth-order valence-electron chi connectivity index (χ4n) is 1.33. The van der Waals surface area contributed by atoms with Gasteiger partial charge in [-0.3, -0.25) is 9.69 Å². The highest BCUT2D eigenvalue weighted by atomic mass is 16.4. The second kappa shape index (κ2) is 4.29. The number of rotatable bonds is 5. The molecule has 1 aliphatic rings. The largest absolute Gasteiger partial charge is 0.481 e. The summed E-state index contributed by atoms with van der Waals surface area (Å²) >= 11 is 0. The van der Waals surface area contributed by atoms with Gasteiger partial charge in [0.1, 0.15) is 0 Å². The summed E-state index contributed by atoms with van der Waals surface area (Å²) in [6.07, 6.45) is 7.53. The minimum Gasteiger partial charge on any atom is -0.481 e. The third-order valence-corrected chi connectivity index (χ3v) is 2.29. The summed E-state index contributed by atoms with van der Waals surface area (Å²) in [5, 5.41) is 8.72. The van der Waals surface area contributed by atoms with E-state index in [0.29, 0.717) is 19.1 Å². The maximum atomic E-state index is 10.6. The van der Waals surface area contributed by atoms with Crippen LogP contribution in [-0.4, -0.2) is 35.1 Å². The Kier molecular flexibility index (Phi) is 3.32. The van der Waals surface area contributed by atoms with Gasteiger partial charge in [-0.15, -0.1) is 6.42 Å². The van der Waals surface area contributed by atoms with Crippen LogP contribution in [0.1, 0.15) is 19.8 Å². The van der Waals surface area contributed by atoms with Gasteiger partial charge in [0.15, 0.2) is 0 Å². The summed E-state index contributed by atoms with van der Waals surface area (Å²) in [4.78, 5) is 12.7. The Morgan fingerprint density at radius 1 is 1.77 bits per heavy atom. The smallest absolute Gasteiger partial charge is 0.307 e. The van der Waals surface area contributed by atoms with Crippen molar-refractivity contribution >= 4 is 5.97 Å². The molecule has 3 heteroatoms. The first-order valence-corrected chi connectivity index (χ1v) is 4.55. The quantitative estimate of drug-likeness (QED) is 0.638. The molecule has 13 heavy (non-hydrogen) atoms. The zero-order chi connectivity index (χ0) is 9.84. The van der Waals surface area contributed by atoms with Crippen LogP contribution in [-0.2, 0) is 4.79 Å². The lowest BCUT2D eigenvalue weighted by Gasteiger charge is -2.21. The van der Waals surface area contributed by atoms with Crippen LogP contribution >= 0.6 is 0 Å². The van der Waals surface area contributed by atoms with Crippen LogP contribution in [0.2, 0.25) is 0 Å². The zero-order valence-corrected chi connectivity index (χ0v) is 7.86. The summed E-state index contributed by atoms with van der Waals surface area (Å²) < 4.78 is 0. The molecule has 0 amide bonds. The monoisotopic (exact) mass is 181 g/mol. The van der Waals surface area contributed by atoms with E-state index in [4.69, 9.17) is 11.5 Å². The van der Waals surface area contributed by atoms with Crippen molar-refractivity contribution in [1.82, 2.24) is 4.90 Å². The van der Waals surface area contributed by atoms with E-state index < -0.39 is 5.97 Å². The van der Waals surface area contributed by atoms with E-state index in [9.17, 15) is 4.79 Å². The number of terminal acetylenes is 1. The highest BCUT2D eigenvalue weighted by molar-refractivity contribution is 5.69. The highest BCUT2D eigenvalue weighted by Crippen LogP contribution is 2.27. The third-order valence-electron chi connectivity index (χ3n) is 2.29. The Bertz CT molecular complexity index is 228. The molecule has 3 nitrogen and oxygen atoms in total. The molecule has 1 saturated carbocycles. The van der Waals surface area contributed by atoms with Crippen LogP contribution in [0.3, 0.4) is 0 Å². The average Bonchev–Trinajstić information content (AvgIpc) is 2.85. The fraction of sp³-hybridized carbons (Fsp3) is 0.700. The van der Waals surface area contributed by atoms with Gasteiger partial charge in [0.25, 0.3) is 0 Å². The summed E-state index contributed by atoms with van der Waals surface area (Å²) in [6.45, 7) is 2.86. The molecule has 1 aliphatic carbocycles. The maximum Gasteiger partial charge on any atom is 0.307 e. The number of carboxylic acid groups (broad SMARTS) is 1. The first kappa shape index (κ1) is 10.1.